The number of fused-ring (bicyclic) bond motifs is 1. The molecule has 2 rings (SSSR count). The number of ether oxygens (including phenoxy) is 1. The average molecular weight is 196 g/mol. The Hall–Kier alpha value is -1.32. The molecule has 14 heavy (non-hydrogen) atoms. The van der Waals surface area contributed by atoms with Crippen LogP contribution in [0.2, 0.25) is 0 Å². The van der Waals surface area contributed by atoms with Crippen molar-refractivity contribution in [1.29, 1.82) is 0 Å². The van der Waals surface area contributed by atoms with Crippen LogP contribution in [0.4, 0.5) is 0 Å². The number of aliphatic hydroxyl groups excluding tert-OH is 1. The number of esters is 1. The van der Waals surface area contributed by atoms with E-state index in [1.165, 1.54) is 0 Å². The molecule has 2 fully saturated rings. The minimum Gasteiger partial charge on any atom is -0.502 e. The first-order valence-corrected chi connectivity index (χ1v) is 4.78. The van der Waals surface area contributed by atoms with E-state index >= 15 is 0 Å². The zero-order valence-electron chi connectivity index (χ0n) is 7.95. The minimum absolute atomic E-state index is 0.0689. The summed E-state index contributed by atoms with van der Waals surface area (Å²) in [7, 11) is 0. The standard InChI is InChI=1S/C10H12O4/c1-2-14-10(13)9(12)7-4-5-3-6(5)8(7)11/h5-6,12H,2-4H2,1H3/b9-7-/t5-,6-/m0/s1. The van der Waals surface area contributed by atoms with Crippen molar-refractivity contribution in [1.82, 2.24) is 0 Å². The first-order valence-electron chi connectivity index (χ1n) is 4.78. The van der Waals surface area contributed by atoms with Crippen molar-refractivity contribution in [2.45, 2.75) is 19.8 Å². The molecule has 0 aromatic carbocycles. The van der Waals surface area contributed by atoms with Gasteiger partial charge in [-0.3, -0.25) is 4.79 Å². The van der Waals surface area contributed by atoms with Gasteiger partial charge < -0.3 is 9.84 Å². The average Bonchev–Trinajstić information content (AvgIpc) is 2.86. The molecule has 2 aliphatic rings. The second-order valence-corrected chi connectivity index (χ2v) is 3.72. The van der Waals surface area contributed by atoms with Crippen LogP contribution in [0.15, 0.2) is 11.3 Å². The molecule has 0 saturated heterocycles. The molecule has 0 aromatic heterocycles. The van der Waals surface area contributed by atoms with E-state index in [1.807, 2.05) is 0 Å². The fraction of sp³-hybridized carbons (Fsp3) is 0.600. The van der Waals surface area contributed by atoms with Gasteiger partial charge in [0.25, 0.3) is 0 Å². The van der Waals surface area contributed by atoms with Crippen LogP contribution in [0, 0.1) is 11.8 Å². The SMILES string of the molecule is CCOC(=O)/C(O)=C1\C[C@@H]2C[C@@H]2C1=O. The molecule has 0 spiro atoms. The van der Waals surface area contributed by atoms with Crippen molar-refractivity contribution in [2.24, 2.45) is 11.8 Å². The van der Waals surface area contributed by atoms with Crippen molar-refractivity contribution in [3.05, 3.63) is 11.3 Å². The normalized spacial score (nSPS) is 32.5. The van der Waals surface area contributed by atoms with E-state index in [-0.39, 0.29) is 23.9 Å². The first kappa shape index (κ1) is 9.24. The number of ketones is 1. The van der Waals surface area contributed by atoms with E-state index in [0.717, 1.165) is 6.42 Å². The summed E-state index contributed by atoms with van der Waals surface area (Å²) in [5, 5.41) is 9.44. The maximum Gasteiger partial charge on any atom is 0.373 e. The summed E-state index contributed by atoms with van der Waals surface area (Å²) in [4.78, 5) is 22.6. The summed E-state index contributed by atoms with van der Waals surface area (Å²) in [6, 6.07) is 0. The highest BCUT2D eigenvalue weighted by Crippen LogP contribution is 2.52. The minimum atomic E-state index is -0.780. The van der Waals surface area contributed by atoms with Gasteiger partial charge in [-0.05, 0) is 25.7 Å². The van der Waals surface area contributed by atoms with Gasteiger partial charge in [-0.15, -0.1) is 0 Å². The van der Waals surface area contributed by atoms with Crippen molar-refractivity contribution in [2.75, 3.05) is 6.61 Å². The highest BCUT2D eigenvalue weighted by atomic mass is 16.5. The molecular formula is C10H12O4. The molecule has 4 heteroatoms. The number of carbonyl (C=O) groups is 2. The lowest BCUT2D eigenvalue weighted by atomic mass is 10.1. The molecule has 2 aliphatic carbocycles. The fourth-order valence-electron chi connectivity index (χ4n) is 1.92. The van der Waals surface area contributed by atoms with Crippen LogP contribution in [-0.4, -0.2) is 23.5 Å². The Bertz CT molecular complexity index is 329. The third-order valence-corrected chi connectivity index (χ3v) is 2.78. The van der Waals surface area contributed by atoms with Gasteiger partial charge in [0.1, 0.15) is 0 Å². The van der Waals surface area contributed by atoms with Gasteiger partial charge in [-0.25, -0.2) is 4.79 Å². The molecule has 0 radical (unpaired) electrons. The Morgan fingerprint density at radius 3 is 2.86 bits per heavy atom. The molecule has 4 nitrogen and oxygen atoms in total. The van der Waals surface area contributed by atoms with Gasteiger partial charge in [0, 0.05) is 11.5 Å². The summed E-state index contributed by atoms with van der Waals surface area (Å²) in [5.41, 5.74) is 0.268. The molecule has 0 aromatic rings. The van der Waals surface area contributed by atoms with E-state index in [2.05, 4.69) is 4.74 Å². The number of carbonyl (C=O) groups excluding carboxylic acids is 2. The Labute approximate surface area is 81.6 Å². The Morgan fingerprint density at radius 2 is 2.36 bits per heavy atom. The quantitative estimate of drug-likeness (QED) is 0.406. The van der Waals surface area contributed by atoms with Crippen molar-refractivity contribution in [3.8, 4) is 0 Å². The predicted molar refractivity (Wildman–Crippen MR) is 47.5 cm³/mol. The largest absolute Gasteiger partial charge is 0.502 e. The molecule has 0 heterocycles. The van der Waals surface area contributed by atoms with E-state index in [4.69, 9.17) is 0 Å². The topological polar surface area (TPSA) is 63.6 Å². The van der Waals surface area contributed by atoms with Crippen LogP contribution < -0.4 is 0 Å². The number of Topliss-reactive ketones (excluding diaryl/α,β-unsaturated/α-hetero) is 1. The van der Waals surface area contributed by atoms with Gasteiger partial charge in [0.05, 0.1) is 6.61 Å². The molecule has 76 valence electrons. The third kappa shape index (κ3) is 1.31. The summed E-state index contributed by atoms with van der Waals surface area (Å²) >= 11 is 0. The smallest absolute Gasteiger partial charge is 0.373 e. The Kier molecular flexibility index (Phi) is 2.06. The van der Waals surface area contributed by atoms with Crippen molar-refractivity contribution >= 4 is 11.8 Å². The van der Waals surface area contributed by atoms with Gasteiger partial charge >= 0.3 is 5.97 Å². The second kappa shape index (κ2) is 3.12. The lowest BCUT2D eigenvalue weighted by Crippen LogP contribution is -2.13. The summed E-state index contributed by atoms with van der Waals surface area (Å²) in [6.07, 6.45) is 1.45. The monoisotopic (exact) mass is 196 g/mol. The molecule has 0 amide bonds. The molecule has 1 N–H and O–H groups in total. The van der Waals surface area contributed by atoms with Crippen LogP contribution >= 0.6 is 0 Å². The van der Waals surface area contributed by atoms with E-state index < -0.39 is 11.7 Å². The second-order valence-electron chi connectivity index (χ2n) is 3.72. The maximum atomic E-state index is 11.5. The molecular weight excluding hydrogens is 184 g/mol. The first-order chi connectivity index (χ1) is 6.65. The summed E-state index contributed by atoms with van der Waals surface area (Å²) < 4.78 is 4.62. The predicted octanol–water partition coefficient (Wildman–Crippen LogP) is 0.971. The number of rotatable bonds is 2. The van der Waals surface area contributed by atoms with E-state index in [1.54, 1.807) is 6.92 Å². The number of aliphatic hydroxyl groups is 1. The molecule has 2 atom stereocenters. The maximum absolute atomic E-state index is 11.5. The Morgan fingerprint density at radius 1 is 1.64 bits per heavy atom. The zero-order valence-corrected chi connectivity index (χ0v) is 7.95. The number of hydrogen-bond donors (Lipinski definition) is 1. The molecule has 2 saturated carbocycles. The van der Waals surface area contributed by atoms with Crippen LogP contribution in [-0.2, 0) is 14.3 Å². The highest BCUT2D eigenvalue weighted by Gasteiger charge is 2.52. The van der Waals surface area contributed by atoms with Gasteiger partial charge in [-0.1, -0.05) is 0 Å². The molecule has 0 unspecified atom stereocenters. The fourth-order valence-corrected chi connectivity index (χ4v) is 1.92. The Balaban J connectivity index is 2.15. The number of allylic oxidation sites excluding steroid dienone is 1. The van der Waals surface area contributed by atoms with Crippen LogP contribution in [0.5, 0.6) is 0 Å². The highest BCUT2D eigenvalue weighted by molar-refractivity contribution is 6.07. The van der Waals surface area contributed by atoms with Crippen molar-refractivity contribution in [3.63, 3.8) is 0 Å². The third-order valence-electron chi connectivity index (χ3n) is 2.78. The number of hydrogen-bond acceptors (Lipinski definition) is 4. The van der Waals surface area contributed by atoms with Crippen LogP contribution in [0.25, 0.3) is 0 Å². The summed E-state index contributed by atoms with van der Waals surface area (Å²) in [5.74, 6) is -0.891. The summed E-state index contributed by atoms with van der Waals surface area (Å²) in [6.45, 7) is 1.86. The van der Waals surface area contributed by atoms with Gasteiger partial charge in [-0.2, -0.15) is 0 Å². The lowest BCUT2D eigenvalue weighted by molar-refractivity contribution is -0.142. The zero-order chi connectivity index (χ0) is 10.3. The van der Waals surface area contributed by atoms with E-state index in [9.17, 15) is 14.7 Å². The lowest BCUT2D eigenvalue weighted by Gasteiger charge is -2.04. The molecule has 0 aliphatic heterocycles. The van der Waals surface area contributed by atoms with E-state index in [0.29, 0.717) is 12.3 Å². The van der Waals surface area contributed by atoms with Gasteiger partial charge in [0.2, 0.25) is 5.76 Å². The van der Waals surface area contributed by atoms with Crippen LogP contribution in [0.3, 0.4) is 0 Å². The van der Waals surface area contributed by atoms with Crippen molar-refractivity contribution < 1.29 is 19.4 Å². The molecule has 0 bridgehead atoms. The van der Waals surface area contributed by atoms with Crippen LogP contribution in [0.1, 0.15) is 19.8 Å². The van der Waals surface area contributed by atoms with Gasteiger partial charge in [0.15, 0.2) is 5.78 Å².